The van der Waals surface area contributed by atoms with E-state index in [1.807, 2.05) is 0 Å². The van der Waals surface area contributed by atoms with Crippen LogP contribution in [0.2, 0.25) is 5.02 Å². The largest absolute Gasteiger partial charge is 0.416 e. The van der Waals surface area contributed by atoms with Gasteiger partial charge in [-0.05, 0) is 23.8 Å². The monoisotopic (exact) mass is 302 g/mol. The zero-order chi connectivity index (χ0) is 14.9. The van der Waals surface area contributed by atoms with Gasteiger partial charge in [-0.25, -0.2) is 0 Å². The molecule has 0 spiro atoms. The van der Waals surface area contributed by atoms with Gasteiger partial charge >= 0.3 is 6.18 Å². The number of nitrogen functional groups attached to an aromatic ring is 1. The van der Waals surface area contributed by atoms with Gasteiger partial charge in [0.05, 0.1) is 12.1 Å². The Morgan fingerprint density at radius 3 is 2.60 bits per heavy atom. The number of hydrogen-bond acceptors (Lipinski definition) is 2. The Bertz CT molecular complexity index is 695. The fourth-order valence-electron chi connectivity index (χ4n) is 1.78. The molecule has 1 heterocycles. The minimum atomic E-state index is -4.42. The van der Waals surface area contributed by atoms with Gasteiger partial charge in [0.25, 0.3) is 5.56 Å². The standard InChI is InChI=1S/C13H10ClF3N2O/c14-11-5-10(18)7-19(12(11)20)6-8-2-1-3-9(4-8)13(15,16)17/h1-5,7H,6,18H2. The summed E-state index contributed by atoms with van der Waals surface area (Å²) in [5.41, 5.74) is 4.89. The van der Waals surface area contributed by atoms with E-state index in [2.05, 4.69) is 0 Å². The minimum Gasteiger partial charge on any atom is -0.397 e. The molecule has 0 aliphatic carbocycles. The number of alkyl halides is 3. The molecule has 3 nitrogen and oxygen atoms in total. The molecular weight excluding hydrogens is 293 g/mol. The van der Waals surface area contributed by atoms with Crippen LogP contribution in [0.5, 0.6) is 0 Å². The molecule has 0 aliphatic heterocycles. The number of halogens is 4. The third-order valence-electron chi connectivity index (χ3n) is 2.67. The number of anilines is 1. The minimum absolute atomic E-state index is 0.0342. The maximum absolute atomic E-state index is 12.6. The van der Waals surface area contributed by atoms with E-state index < -0.39 is 17.3 Å². The summed E-state index contributed by atoms with van der Waals surface area (Å²) >= 11 is 5.70. The molecule has 2 N–H and O–H groups in total. The van der Waals surface area contributed by atoms with E-state index in [1.54, 1.807) is 0 Å². The molecule has 0 radical (unpaired) electrons. The van der Waals surface area contributed by atoms with Gasteiger partial charge in [-0.1, -0.05) is 23.7 Å². The van der Waals surface area contributed by atoms with Gasteiger partial charge in [0.2, 0.25) is 0 Å². The summed E-state index contributed by atoms with van der Waals surface area (Å²) in [5.74, 6) is 0. The molecule has 2 aromatic rings. The molecule has 1 aromatic heterocycles. The van der Waals surface area contributed by atoms with Crippen LogP contribution in [0.4, 0.5) is 18.9 Å². The molecule has 0 aliphatic rings. The van der Waals surface area contributed by atoms with E-state index in [0.29, 0.717) is 5.56 Å². The third-order valence-corrected chi connectivity index (χ3v) is 2.94. The van der Waals surface area contributed by atoms with E-state index in [4.69, 9.17) is 17.3 Å². The molecule has 7 heteroatoms. The quantitative estimate of drug-likeness (QED) is 0.926. The summed E-state index contributed by atoms with van der Waals surface area (Å²) in [6.45, 7) is -0.0342. The van der Waals surface area contributed by atoms with Crippen molar-refractivity contribution >= 4 is 17.3 Å². The lowest BCUT2D eigenvalue weighted by atomic mass is 10.1. The van der Waals surface area contributed by atoms with Gasteiger partial charge in [-0.3, -0.25) is 4.79 Å². The molecular formula is C13H10ClF3N2O. The molecule has 0 saturated heterocycles. The Kier molecular flexibility index (Phi) is 3.76. The van der Waals surface area contributed by atoms with Crippen LogP contribution in [-0.2, 0) is 12.7 Å². The molecule has 2 rings (SSSR count). The molecule has 0 bridgehead atoms. The Morgan fingerprint density at radius 1 is 1.25 bits per heavy atom. The SMILES string of the molecule is Nc1cc(Cl)c(=O)n(Cc2cccc(C(F)(F)F)c2)c1. The fraction of sp³-hybridized carbons (Fsp3) is 0.154. The van der Waals surface area contributed by atoms with E-state index in [-0.39, 0.29) is 17.3 Å². The van der Waals surface area contributed by atoms with Crippen LogP contribution in [0.15, 0.2) is 41.3 Å². The molecule has 0 saturated carbocycles. The van der Waals surface area contributed by atoms with Crippen LogP contribution in [0.3, 0.4) is 0 Å². The van der Waals surface area contributed by atoms with Crippen molar-refractivity contribution in [2.45, 2.75) is 12.7 Å². The predicted molar refractivity (Wildman–Crippen MR) is 70.7 cm³/mol. The highest BCUT2D eigenvalue weighted by Crippen LogP contribution is 2.29. The van der Waals surface area contributed by atoms with Gasteiger partial charge < -0.3 is 10.3 Å². The van der Waals surface area contributed by atoms with Crippen molar-refractivity contribution in [2.24, 2.45) is 0 Å². The van der Waals surface area contributed by atoms with E-state index in [1.165, 1.54) is 29.0 Å². The van der Waals surface area contributed by atoms with Crippen LogP contribution >= 0.6 is 11.6 Å². The first kappa shape index (κ1) is 14.5. The summed E-state index contributed by atoms with van der Waals surface area (Å²) in [5, 5.41) is -0.0722. The molecule has 0 atom stereocenters. The number of aromatic nitrogens is 1. The number of nitrogens with zero attached hydrogens (tertiary/aromatic N) is 1. The second kappa shape index (κ2) is 5.20. The van der Waals surface area contributed by atoms with Gasteiger partial charge in [-0.15, -0.1) is 0 Å². The summed E-state index contributed by atoms with van der Waals surface area (Å²) in [7, 11) is 0. The summed E-state index contributed by atoms with van der Waals surface area (Å²) in [4.78, 5) is 11.8. The van der Waals surface area contributed by atoms with Crippen molar-refractivity contribution in [2.75, 3.05) is 5.73 Å². The Balaban J connectivity index is 2.39. The average molecular weight is 303 g/mol. The number of pyridine rings is 1. The predicted octanol–water partition coefficient (Wildman–Crippen LogP) is 3.15. The first-order chi connectivity index (χ1) is 9.27. The van der Waals surface area contributed by atoms with Crippen LogP contribution in [0.25, 0.3) is 0 Å². The van der Waals surface area contributed by atoms with Crippen LogP contribution in [0, 0.1) is 0 Å². The van der Waals surface area contributed by atoms with Gasteiger partial charge in [0, 0.05) is 11.9 Å². The number of hydrogen-bond donors (Lipinski definition) is 1. The van der Waals surface area contributed by atoms with Crippen molar-refractivity contribution in [1.29, 1.82) is 0 Å². The zero-order valence-electron chi connectivity index (χ0n) is 10.1. The lowest BCUT2D eigenvalue weighted by molar-refractivity contribution is -0.137. The molecule has 106 valence electrons. The Morgan fingerprint density at radius 2 is 1.95 bits per heavy atom. The van der Waals surface area contributed by atoms with E-state index in [9.17, 15) is 18.0 Å². The van der Waals surface area contributed by atoms with Crippen LogP contribution < -0.4 is 11.3 Å². The van der Waals surface area contributed by atoms with Crippen LogP contribution in [0.1, 0.15) is 11.1 Å². The van der Waals surface area contributed by atoms with E-state index in [0.717, 1.165) is 12.1 Å². The summed E-state index contributed by atoms with van der Waals surface area (Å²) in [6.07, 6.45) is -3.08. The zero-order valence-corrected chi connectivity index (χ0v) is 10.9. The fourth-order valence-corrected chi connectivity index (χ4v) is 2.02. The van der Waals surface area contributed by atoms with Crippen LogP contribution in [-0.4, -0.2) is 4.57 Å². The lowest BCUT2D eigenvalue weighted by Gasteiger charge is -2.11. The number of rotatable bonds is 2. The maximum Gasteiger partial charge on any atom is 0.416 e. The molecule has 0 fully saturated rings. The topological polar surface area (TPSA) is 48.0 Å². The molecule has 1 aromatic carbocycles. The molecule has 0 unspecified atom stereocenters. The highest BCUT2D eigenvalue weighted by molar-refractivity contribution is 6.30. The van der Waals surface area contributed by atoms with Crippen molar-refractivity contribution in [1.82, 2.24) is 4.57 Å². The first-order valence-electron chi connectivity index (χ1n) is 5.59. The molecule has 0 amide bonds. The number of benzene rings is 1. The van der Waals surface area contributed by atoms with E-state index >= 15 is 0 Å². The summed E-state index contributed by atoms with van der Waals surface area (Å²) < 4.78 is 39.0. The first-order valence-corrected chi connectivity index (χ1v) is 5.97. The van der Waals surface area contributed by atoms with Gasteiger partial charge in [0.1, 0.15) is 5.02 Å². The smallest absolute Gasteiger partial charge is 0.397 e. The van der Waals surface area contributed by atoms with Crippen molar-refractivity contribution < 1.29 is 13.2 Å². The highest BCUT2D eigenvalue weighted by atomic mass is 35.5. The van der Waals surface area contributed by atoms with Crippen molar-refractivity contribution in [3.8, 4) is 0 Å². The third kappa shape index (κ3) is 3.14. The normalized spacial score (nSPS) is 11.6. The lowest BCUT2D eigenvalue weighted by Crippen LogP contribution is -2.21. The Hall–Kier alpha value is -1.95. The maximum atomic E-state index is 12.6. The highest BCUT2D eigenvalue weighted by Gasteiger charge is 2.30. The van der Waals surface area contributed by atoms with Crippen molar-refractivity contribution in [3.05, 3.63) is 63.0 Å². The summed E-state index contributed by atoms with van der Waals surface area (Å²) in [6, 6.07) is 6.05. The number of nitrogens with two attached hydrogens (primary N) is 1. The second-order valence-electron chi connectivity index (χ2n) is 4.25. The molecule has 20 heavy (non-hydrogen) atoms. The second-order valence-corrected chi connectivity index (χ2v) is 4.66. The average Bonchev–Trinajstić information content (AvgIpc) is 2.35. The Labute approximate surface area is 117 Å². The van der Waals surface area contributed by atoms with Gasteiger partial charge in [0.15, 0.2) is 0 Å². The van der Waals surface area contributed by atoms with Gasteiger partial charge in [-0.2, -0.15) is 13.2 Å². The van der Waals surface area contributed by atoms with Crippen molar-refractivity contribution in [3.63, 3.8) is 0 Å².